The zero-order valence-electron chi connectivity index (χ0n) is 16.5. The number of carbonyl (C=O) groups excluding carboxylic acids is 1. The van der Waals surface area contributed by atoms with Crippen molar-refractivity contribution in [3.8, 4) is 22.9 Å². The summed E-state index contributed by atoms with van der Waals surface area (Å²) in [6.45, 7) is 2.20. The maximum Gasteiger partial charge on any atom is 0.193 e. The molecule has 0 heterocycles. The quantitative estimate of drug-likeness (QED) is 0.367. The maximum absolute atomic E-state index is 15.3. The van der Waals surface area contributed by atoms with Crippen LogP contribution in [0.25, 0.3) is 11.1 Å². The van der Waals surface area contributed by atoms with Crippen molar-refractivity contribution in [1.29, 1.82) is 5.26 Å². The molecule has 0 saturated carbocycles. The van der Waals surface area contributed by atoms with Crippen LogP contribution >= 0.6 is 11.6 Å². The number of ketones is 1. The summed E-state index contributed by atoms with van der Waals surface area (Å²) < 4.78 is 25.7. The number of nitrogens with zero attached hydrogens (tertiary/aromatic N) is 1. The Bertz CT molecular complexity index is 1120. The first-order valence-electron chi connectivity index (χ1n) is 9.22. The highest BCUT2D eigenvalue weighted by Gasteiger charge is 2.22. The number of nitriles is 1. The molecule has 0 radical (unpaired) electrons. The van der Waals surface area contributed by atoms with Gasteiger partial charge in [0.15, 0.2) is 17.3 Å². The third-order valence-corrected chi connectivity index (χ3v) is 4.95. The number of carbonyl (C=O) groups is 1. The second kappa shape index (κ2) is 9.53. The first-order valence-corrected chi connectivity index (χ1v) is 9.60. The van der Waals surface area contributed by atoms with E-state index < -0.39 is 5.82 Å². The summed E-state index contributed by atoms with van der Waals surface area (Å²) in [4.78, 5) is 13.0. The molecule has 0 atom stereocenters. The number of methoxy groups -OCH3 is 1. The molecule has 3 rings (SSSR count). The van der Waals surface area contributed by atoms with E-state index in [1.54, 1.807) is 37.3 Å². The number of aryl methyl sites for hydroxylation is 1. The summed E-state index contributed by atoms with van der Waals surface area (Å²) in [6.07, 6.45) is 0. The van der Waals surface area contributed by atoms with Crippen LogP contribution in [0, 0.1) is 24.1 Å². The highest BCUT2D eigenvalue weighted by Crippen LogP contribution is 2.38. The van der Waals surface area contributed by atoms with Crippen LogP contribution in [0.2, 0.25) is 5.02 Å². The van der Waals surface area contributed by atoms with Crippen LogP contribution in [-0.4, -0.2) is 26.1 Å². The molecule has 0 N–H and O–H groups in total. The molecule has 0 aromatic heterocycles. The van der Waals surface area contributed by atoms with E-state index in [4.69, 9.17) is 21.1 Å². The first kappa shape index (κ1) is 21.5. The number of rotatable bonds is 7. The van der Waals surface area contributed by atoms with E-state index in [1.807, 2.05) is 12.1 Å². The monoisotopic (exact) mass is 423 g/mol. The smallest absolute Gasteiger partial charge is 0.193 e. The number of hydrogen-bond acceptors (Lipinski definition) is 4. The lowest BCUT2D eigenvalue weighted by Gasteiger charge is -2.15. The number of halogens is 2. The van der Waals surface area contributed by atoms with Gasteiger partial charge in [0.2, 0.25) is 0 Å². The molecule has 0 aliphatic carbocycles. The van der Waals surface area contributed by atoms with E-state index >= 15 is 4.39 Å². The lowest BCUT2D eigenvalue weighted by molar-refractivity contribution is 0.103. The van der Waals surface area contributed by atoms with Crippen LogP contribution in [0.1, 0.15) is 27.0 Å². The van der Waals surface area contributed by atoms with Crippen molar-refractivity contribution in [2.45, 2.75) is 6.92 Å². The molecular weight excluding hydrogens is 405 g/mol. The summed E-state index contributed by atoms with van der Waals surface area (Å²) in [5.74, 6) is -0.944. The summed E-state index contributed by atoms with van der Waals surface area (Å²) in [6, 6.07) is 16.8. The Labute approximate surface area is 179 Å². The zero-order valence-corrected chi connectivity index (χ0v) is 17.3. The molecule has 152 valence electrons. The predicted octanol–water partition coefficient (Wildman–Crippen LogP) is 5.58. The fourth-order valence-electron chi connectivity index (χ4n) is 3.11. The molecular formula is C24H19ClFNO3. The Morgan fingerprint density at radius 3 is 2.53 bits per heavy atom. The van der Waals surface area contributed by atoms with Crippen LogP contribution in [0.5, 0.6) is 5.75 Å². The first-order chi connectivity index (χ1) is 14.5. The van der Waals surface area contributed by atoms with Gasteiger partial charge in [-0.15, -0.1) is 0 Å². The van der Waals surface area contributed by atoms with Crippen molar-refractivity contribution in [2.75, 3.05) is 20.3 Å². The zero-order chi connectivity index (χ0) is 21.7. The van der Waals surface area contributed by atoms with Crippen molar-refractivity contribution < 1.29 is 18.7 Å². The molecule has 3 aromatic rings. The van der Waals surface area contributed by atoms with E-state index in [-0.39, 0.29) is 46.5 Å². The molecule has 0 spiro atoms. The van der Waals surface area contributed by atoms with Gasteiger partial charge in [-0.3, -0.25) is 4.79 Å². The van der Waals surface area contributed by atoms with Crippen LogP contribution in [-0.2, 0) is 4.74 Å². The minimum absolute atomic E-state index is 0.000437. The van der Waals surface area contributed by atoms with Gasteiger partial charge in [-0.2, -0.15) is 5.26 Å². The van der Waals surface area contributed by atoms with E-state index in [0.29, 0.717) is 16.7 Å². The van der Waals surface area contributed by atoms with Gasteiger partial charge < -0.3 is 9.47 Å². The maximum atomic E-state index is 15.3. The van der Waals surface area contributed by atoms with Crippen LogP contribution < -0.4 is 4.74 Å². The van der Waals surface area contributed by atoms with E-state index in [0.717, 1.165) is 0 Å². The summed E-state index contributed by atoms with van der Waals surface area (Å²) in [5, 5.41) is 9.76. The average Bonchev–Trinajstić information content (AvgIpc) is 2.75. The molecule has 0 unspecified atom stereocenters. The molecule has 4 nitrogen and oxygen atoms in total. The van der Waals surface area contributed by atoms with Crippen molar-refractivity contribution in [3.05, 3.63) is 87.7 Å². The molecule has 6 heteroatoms. The van der Waals surface area contributed by atoms with Crippen LogP contribution in [0.15, 0.2) is 54.6 Å². The second-order valence-corrected chi connectivity index (χ2v) is 7.00. The largest absolute Gasteiger partial charge is 0.488 e. The van der Waals surface area contributed by atoms with Crippen LogP contribution in [0.3, 0.4) is 0 Å². The Morgan fingerprint density at radius 2 is 1.87 bits per heavy atom. The van der Waals surface area contributed by atoms with Gasteiger partial charge in [-0.05, 0) is 36.8 Å². The van der Waals surface area contributed by atoms with E-state index in [1.165, 1.54) is 25.3 Å². The minimum atomic E-state index is -0.714. The third-order valence-electron chi connectivity index (χ3n) is 4.64. The van der Waals surface area contributed by atoms with Gasteiger partial charge in [-0.25, -0.2) is 4.39 Å². The second-order valence-electron chi connectivity index (χ2n) is 6.60. The highest BCUT2D eigenvalue weighted by atomic mass is 35.5. The molecule has 0 aliphatic heterocycles. The molecule has 0 fully saturated rings. The highest BCUT2D eigenvalue weighted by molar-refractivity contribution is 6.33. The average molecular weight is 424 g/mol. The SMILES string of the molecule is COCCOc1ccc(C#N)c(-c2cc(C(=O)c3ccccc3)c(C)cc2Cl)c1F. The van der Waals surface area contributed by atoms with Crippen molar-refractivity contribution in [1.82, 2.24) is 0 Å². The van der Waals surface area contributed by atoms with Gasteiger partial charge >= 0.3 is 0 Å². The minimum Gasteiger partial charge on any atom is -0.488 e. The normalized spacial score (nSPS) is 10.5. The molecule has 0 aliphatic rings. The van der Waals surface area contributed by atoms with Gasteiger partial charge in [0.25, 0.3) is 0 Å². The Balaban J connectivity index is 2.15. The van der Waals surface area contributed by atoms with Crippen molar-refractivity contribution in [2.24, 2.45) is 0 Å². The fourth-order valence-corrected chi connectivity index (χ4v) is 3.43. The van der Waals surface area contributed by atoms with Gasteiger partial charge in [0.05, 0.1) is 18.2 Å². The van der Waals surface area contributed by atoms with Crippen molar-refractivity contribution >= 4 is 17.4 Å². The molecule has 3 aromatic carbocycles. The van der Waals surface area contributed by atoms with Crippen LogP contribution in [0.4, 0.5) is 4.39 Å². The van der Waals surface area contributed by atoms with Gasteiger partial charge in [-0.1, -0.05) is 41.9 Å². The summed E-state index contributed by atoms with van der Waals surface area (Å²) >= 11 is 6.42. The Morgan fingerprint density at radius 1 is 1.13 bits per heavy atom. The lowest BCUT2D eigenvalue weighted by atomic mass is 9.92. The molecule has 0 bridgehead atoms. The standard InChI is InChI=1S/C24H19ClFNO3/c1-15-12-20(25)19(13-18(15)24(28)16-6-4-3-5-7-16)22-17(14-27)8-9-21(23(22)26)30-11-10-29-2/h3-9,12-13H,10-11H2,1-2H3. The predicted molar refractivity (Wildman–Crippen MR) is 114 cm³/mol. The summed E-state index contributed by atoms with van der Waals surface area (Å²) in [7, 11) is 1.52. The van der Waals surface area contributed by atoms with Gasteiger partial charge in [0, 0.05) is 34.4 Å². The molecule has 30 heavy (non-hydrogen) atoms. The molecule has 0 amide bonds. The fraction of sp³-hybridized carbons (Fsp3) is 0.167. The van der Waals surface area contributed by atoms with E-state index in [9.17, 15) is 10.1 Å². The topological polar surface area (TPSA) is 59.3 Å². The lowest BCUT2D eigenvalue weighted by Crippen LogP contribution is -2.07. The number of benzene rings is 3. The Hall–Kier alpha value is -3.20. The summed E-state index contributed by atoms with van der Waals surface area (Å²) in [5.41, 5.74) is 1.90. The third kappa shape index (κ3) is 4.35. The van der Waals surface area contributed by atoms with Crippen molar-refractivity contribution in [3.63, 3.8) is 0 Å². The molecule has 0 saturated heterocycles. The van der Waals surface area contributed by atoms with E-state index in [2.05, 4.69) is 0 Å². The van der Waals surface area contributed by atoms with Gasteiger partial charge in [0.1, 0.15) is 6.61 Å². The number of hydrogen-bond donors (Lipinski definition) is 0. The number of ether oxygens (including phenoxy) is 2. The Kier molecular flexibility index (Phi) is 6.83.